The van der Waals surface area contributed by atoms with Gasteiger partial charge < -0.3 is 10.6 Å². The largest absolute Gasteiger partial charge is 0.372 e. The van der Waals surface area contributed by atoms with Crippen molar-refractivity contribution in [1.29, 1.82) is 0 Å². The molecule has 0 aliphatic carbocycles. The highest BCUT2D eigenvalue weighted by Crippen LogP contribution is 2.10. The van der Waals surface area contributed by atoms with Crippen LogP contribution in [0.3, 0.4) is 0 Å². The van der Waals surface area contributed by atoms with Crippen molar-refractivity contribution in [2.45, 2.75) is 6.42 Å². The molecule has 0 radical (unpaired) electrons. The van der Waals surface area contributed by atoms with Crippen molar-refractivity contribution >= 4 is 11.7 Å². The van der Waals surface area contributed by atoms with Crippen LogP contribution in [0.15, 0.2) is 42.6 Å². The Bertz CT molecular complexity index is 601. The maximum absolute atomic E-state index is 13.0. The molecule has 0 aliphatic rings. The van der Waals surface area contributed by atoms with Crippen molar-refractivity contribution in [2.75, 3.05) is 18.9 Å². The maximum Gasteiger partial charge on any atom is 0.255 e. The lowest BCUT2D eigenvalue weighted by molar-refractivity contribution is 0.0954. The summed E-state index contributed by atoms with van der Waals surface area (Å²) in [6.45, 7) is 0.445. The minimum Gasteiger partial charge on any atom is -0.372 e. The Morgan fingerprint density at radius 1 is 1.30 bits per heavy atom. The van der Waals surface area contributed by atoms with Crippen LogP contribution in [0.2, 0.25) is 0 Å². The van der Waals surface area contributed by atoms with Gasteiger partial charge in [0.25, 0.3) is 5.91 Å². The smallest absolute Gasteiger partial charge is 0.255 e. The summed E-state index contributed by atoms with van der Waals surface area (Å²) >= 11 is 0. The van der Waals surface area contributed by atoms with E-state index in [-0.39, 0.29) is 11.7 Å². The van der Waals surface area contributed by atoms with Crippen LogP contribution < -0.4 is 10.6 Å². The maximum atomic E-state index is 13.0. The molecule has 0 fully saturated rings. The van der Waals surface area contributed by atoms with Crippen molar-refractivity contribution in [3.8, 4) is 0 Å². The molecule has 104 valence electrons. The monoisotopic (exact) mass is 273 g/mol. The van der Waals surface area contributed by atoms with Gasteiger partial charge in [-0.3, -0.25) is 4.79 Å². The Hall–Kier alpha value is -2.43. The molecule has 1 aromatic carbocycles. The highest BCUT2D eigenvalue weighted by Gasteiger charge is 2.10. The van der Waals surface area contributed by atoms with Crippen LogP contribution in [0.5, 0.6) is 0 Å². The lowest BCUT2D eigenvalue weighted by Crippen LogP contribution is -2.26. The SMILES string of the molecule is CNc1ncccc1C(=O)NCCc1cccc(F)c1. The molecular weight excluding hydrogens is 257 g/mol. The highest BCUT2D eigenvalue weighted by atomic mass is 19.1. The summed E-state index contributed by atoms with van der Waals surface area (Å²) in [4.78, 5) is 16.1. The molecule has 4 nitrogen and oxygen atoms in total. The van der Waals surface area contributed by atoms with Gasteiger partial charge >= 0.3 is 0 Å². The number of rotatable bonds is 5. The van der Waals surface area contributed by atoms with Crippen LogP contribution in [0.4, 0.5) is 10.2 Å². The zero-order valence-electron chi connectivity index (χ0n) is 11.2. The van der Waals surface area contributed by atoms with Crippen LogP contribution in [0, 0.1) is 5.82 Å². The van der Waals surface area contributed by atoms with E-state index in [1.807, 2.05) is 6.07 Å². The van der Waals surface area contributed by atoms with Gasteiger partial charge in [-0.25, -0.2) is 9.37 Å². The van der Waals surface area contributed by atoms with Gasteiger partial charge in [-0.2, -0.15) is 0 Å². The second kappa shape index (κ2) is 6.65. The third-order valence-electron chi connectivity index (χ3n) is 2.88. The first kappa shape index (κ1) is 14.0. The summed E-state index contributed by atoms with van der Waals surface area (Å²) < 4.78 is 13.0. The van der Waals surface area contributed by atoms with E-state index in [1.54, 1.807) is 31.4 Å². The van der Waals surface area contributed by atoms with Gasteiger partial charge in [0, 0.05) is 19.8 Å². The molecule has 1 heterocycles. The Morgan fingerprint density at radius 3 is 2.90 bits per heavy atom. The normalized spacial score (nSPS) is 10.1. The zero-order chi connectivity index (χ0) is 14.4. The molecule has 5 heteroatoms. The van der Waals surface area contributed by atoms with Gasteiger partial charge in [0.2, 0.25) is 0 Å². The van der Waals surface area contributed by atoms with Crippen molar-refractivity contribution < 1.29 is 9.18 Å². The Morgan fingerprint density at radius 2 is 2.15 bits per heavy atom. The van der Waals surface area contributed by atoms with Gasteiger partial charge in [-0.1, -0.05) is 12.1 Å². The van der Waals surface area contributed by atoms with E-state index in [2.05, 4.69) is 15.6 Å². The minimum atomic E-state index is -0.265. The lowest BCUT2D eigenvalue weighted by Gasteiger charge is -2.08. The molecule has 2 N–H and O–H groups in total. The van der Waals surface area contributed by atoms with Crippen LogP contribution in [-0.4, -0.2) is 24.5 Å². The third-order valence-corrected chi connectivity index (χ3v) is 2.88. The van der Waals surface area contributed by atoms with Gasteiger partial charge in [-0.15, -0.1) is 0 Å². The number of hydrogen-bond donors (Lipinski definition) is 2. The van der Waals surface area contributed by atoms with E-state index in [1.165, 1.54) is 12.1 Å². The fourth-order valence-electron chi connectivity index (χ4n) is 1.90. The van der Waals surface area contributed by atoms with Gasteiger partial charge in [0.05, 0.1) is 5.56 Å². The van der Waals surface area contributed by atoms with Crippen molar-refractivity contribution in [3.05, 3.63) is 59.5 Å². The van der Waals surface area contributed by atoms with Crippen molar-refractivity contribution in [3.63, 3.8) is 0 Å². The van der Waals surface area contributed by atoms with Gasteiger partial charge in [0.1, 0.15) is 11.6 Å². The van der Waals surface area contributed by atoms with Gasteiger partial charge in [0.15, 0.2) is 0 Å². The molecule has 0 saturated carbocycles. The molecule has 0 unspecified atom stereocenters. The molecule has 2 rings (SSSR count). The van der Waals surface area contributed by atoms with Crippen molar-refractivity contribution in [2.24, 2.45) is 0 Å². The second-order valence-electron chi connectivity index (χ2n) is 4.29. The summed E-state index contributed by atoms with van der Waals surface area (Å²) in [7, 11) is 1.71. The summed E-state index contributed by atoms with van der Waals surface area (Å²) in [5, 5.41) is 5.67. The lowest BCUT2D eigenvalue weighted by atomic mass is 10.1. The molecule has 0 saturated heterocycles. The number of aromatic nitrogens is 1. The molecule has 0 bridgehead atoms. The van der Waals surface area contributed by atoms with E-state index in [9.17, 15) is 9.18 Å². The highest BCUT2D eigenvalue weighted by molar-refractivity contribution is 5.98. The van der Waals surface area contributed by atoms with Crippen LogP contribution in [0.25, 0.3) is 0 Å². The number of pyridine rings is 1. The minimum absolute atomic E-state index is 0.196. The van der Waals surface area contributed by atoms with Crippen LogP contribution in [-0.2, 0) is 6.42 Å². The number of benzene rings is 1. The predicted octanol–water partition coefficient (Wildman–Crippen LogP) is 2.23. The summed E-state index contributed by atoms with van der Waals surface area (Å²) in [5.41, 5.74) is 1.35. The molecule has 0 atom stereocenters. The van der Waals surface area contributed by atoms with E-state index in [0.29, 0.717) is 24.3 Å². The number of amides is 1. The number of hydrogen-bond acceptors (Lipinski definition) is 3. The third kappa shape index (κ3) is 3.54. The van der Waals surface area contributed by atoms with E-state index < -0.39 is 0 Å². The second-order valence-corrected chi connectivity index (χ2v) is 4.29. The number of anilines is 1. The number of halogens is 1. The molecule has 0 spiro atoms. The molecule has 1 amide bonds. The van der Waals surface area contributed by atoms with Crippen LogP contribution >= 0.6 is 0 Å². The fourth-order valence-corrected chi connectivity index (χ4v) is 1.90. The first-order chi connectivity index (χ1) is 9.70. The quantitative estimate of drug-likeness (QED) is 0.878. The molecule has 20 heavy (non-hydrogen) atoms. The molecule has 1 aromatic heterocycles. The Balaban J connectivity index is 1.92. The summed E-state index contributed by atoms with van der Waals surface area (Å²) in [5.74, 6) is 0.0770. The standard InChI is InChI=1S/C15H16FN3O/c1-17-14-13(6-3-8-18-14)15(20)19-9-7-11-4-2-5-12(16)10-11/h2-6,8,10H,7,9H2,1H3,(H,17,18)(H,19,20). The average Bonchev–Trinajstić information content (AvgIpc) is 2.47. The fraction of sp³-hybridized carbons (Fsp3) is 0.200. The Labute approximate surface area is 117 Å². The first-order valence-electron chi connectivity index (χ1n) is 6.36. The van der Waals surface area contributed by atoms with E-state index >= 15 is 0 Å². The average molecular weight is 273 g/mol. The van der Waals surface area contributed by atoms with E-state index in [4.69, 9.17) is 0 Å². The molecule has 0 aliphatic heterocycles. The first-order valence-corrected chi connectivity index (χ1v) is 6.36. The number of nitrogens with one attached hydrogen (secondary N) is 2. The zero-order valence-corrected chi connectivity index (χ0v) is 11.2. The Kier molecular flexibility index (Phi) is 4.65. The van der Waals surface area contributed by atoms with E-state index in [0.717, 1.165) is 5.56 Å². The van der Waals surface area contributed by atoms with Gasteiger partial charge in [-0.05, 0) is 36.2 Å². The topological polar surface area (TPSA) is 54.0 Å². The summed E-state index contributed by atoms with van der Waals surface area (Å²) in [6, 6.07) is 9.77. The predicted molar refractivity (Wildman–Crippen MR) is 76.2 cm³/mol. The molecule has 2 aromatic rings. The number of nitrogens with zero attached hydrogens (tertiary/aromatic N) is 1. The van der Waals surface area contributed by atoms with Crippen LogP contribution in [0.1, 0.15) is 15.9 Å². The summed E-state index contributed by atoms with van der Waals surface area (Å²) in [6.07, 6.45) is 2.20. The molecular formula is C15H16FN3O. The van der Waals surface area contributed by atoms with Crippen molar-refractivity contribution in [1.82, 2.24) is 10.3 Å². The number of carbonyl (C=O) groups is 1. The number of carbonyl (C=O) groups excluding carboxylic acids is 1.